The Labute approximate surface area is 86.9 Å². The molecule has 3 N–H and O–H groups in total. The first-order valence-electron chi connectivity index (χ1n) is 4.23. The summed E-state index contributed by atoms with van der Waals surface area (Å²) in [7, 11) is 0. The van der Waals surface area contributed by atoms with Gasteiger partial charge in [-0.05, 0) is 41.9 Å². The van der Waals surface area contributed by atoms with E-state index in [0.29, 0.717) is 6.54 Å². The Hall–Kier alpha value is -0.610. The van der Waals surface area contributed by atoms with Crippen molar-refractivity contribution in [3.05, 3.63) is 22.3 Å². The molecular formula is C9H14BrN3. The van der Waals surface area contributed by atoms with E-state index >= 15 is 0 Å². The molecule has 0 aliphatic carbocycles. The van der Waals surface area contributed by atoms with Crippen molar-refractivity contribution in [1.82, 2.24) is 4.98 Å². The van der Waals surface area contributed by atoms with Crippen molar-refractivity contribution in [3.63, 3.8) is 0 Å². The van der Waals surface area contributed by atoms with E-state index in [4.69, 9.17) is 5.73 Å². The molecular weight excluding hydrogens is 230 g/mol. The van der Waals surface area contributed by atoms with Crippen molar-refractivity contribution in [1.29, 1.82) is 0 Å². The first kappa shape index (κ1) is 10.5. The number of nitrogens with two attached hydrogens (primary N) is 1. The summed E-state index contributed by atoms with van der Waals surface area (Å²) in [4.78, 5) is 4.35. The molecule has 72 valence electrons. The van der Waals surface area contributed by atoms with Crippen LogP contribution in [0.3, 0.4) is 0 Å². The fraction of sp³-hybridized carbons (Fsp3) is 0.444. The molecule has 0 saturated heterocycles. The third-order valence-corrected chi connectivity index (χ3v) is 2.61. The lowest BCUT2D eigenvalue weighted by Crippen LogP contribution is -2.25. The van der Waals surface area contributed by atoms with Crippen LogP contribution in [0.1, 0.15) is 12.6 Å². The van der Waals surface area contributed by atoms with Gasteiger partial charge in [-0.1, -0.05) is 0 Å². The number of hydrogen-bond donors (Lipinski definition) is 2. The van der Waals surface area contributed by atoms with Crippen LogP contribution in [0.25, 0.3) is 0 Å². The average Bonchev–Trinajstić information content (AvgIpc) is 2.11. The molecule has 1 aromatic rings. The van der Waals surface area contributed by atoms with Crippen molar-refractivity contribution in [3.8, 4) is 0 Å². The molecule has 0 radical (unpaired) electrons. The molecule has 0 bridgehead atoms. The van der Waals surface area contributed by atoms with Gasteiger partial charge in [-0.3, -0.25) is 0 Å². The molecule has 13 heavy (non-hydrogen) atoms. The Morgan fingerprint density at radius 2 is 2.31 bits per heavy atom. The van der Waals surface area contributed by atoms with Gasteiger partial charge in [0.05, 0.1) is 5.69 Å². The van der Waals surface area contributed by atoms with Crippen LogP contribution in [0.5, 0.6) is 0 Å². The van der Waals surface area contributed by atoms with Crippen LogP contribution < -0.4 is 11.1 Å². The van der Waals surface area contributed by atoms with Gasteiger partial charge in [0.2, 0.25) is 0 Å². The molecule has 0 amide bonds. The molecule has 1 rings (SSSR count). The number of nitrogens with zero attached hydrogens (tertiary/aromatic N) is 1. The number of hydrogen-bond acceptors (Lipinski definition) is 3. The zero-order chi connectivity index (χ0) is 9.84. The zero-order valence-corrected chi connectivity index (χ0v) is 9.43. The molecule has 0 aliphatic rings. The fourth-order valence-electron chi connectivity index (χ4n) is 0.936. The monoisotopic (exact) mass is 243 g/mol. The molecule has 1 aromatic heterocycles. The van der Waals surface area contributed by atoms with Gasteiger partial charge in [0.25, 0.3) is 0 Å². The maximum atomic E-state index is 5.49. The smallest absolute Gasteiger partial charge is 0.126 e. The van der Waals surface area contributed by atoms with E-state index in [9.17, 15) is 0 Å². The van der Waals surface area contributed by atoms with Gasteiger partial charge < -0.3 is 11.1 Å². The Bertz CT molecular complexity index is 288. The quantitative estimate of drug-likeness (QED) is 0.853. The van der Waals surface area contributed by atoms with E-state index < -0.39 is 0 Å². The van der Waals surface area contributed by atoms with E-state index in [1.807, 2.05) is 26.0 Å². The van der Waals surface area contributed by atoms with Gasteiger partial charge in [0, 0.05) is 17.1 Å². The summed E-state index contributed by atoms with van der Waals surface area (Å²) < 4.78 is 1.03. The van der Waals surface area contributed by atoms with E-state index in [0.717, 1.165) is 16.0 Å². The summed E-state index contributed by atoms with van der Waals surface area (Å²) in [6, 6.07) is 4.17. The minimum Gasteiger partial charge on any atom is -0.366 e. The molecule has 3 nitrogen and oxygen atoms in total. The predicted molar refractivity (Wildman–Crippen MR) is 58.8 cm³/mol. The van der Waals surface area contributed by atoms with Gasteiger partial charge in [-0.15, -0.1) is 0 Å². The molecule has 0 fully saturated rings. The Kier molecular flexibility index (Phi) is 3.69. The number of halogens is 1. The maximum absolute atomic E-state index is 5.49. The van der Waals surface area contributed by atoms with E-state index in [1.54, 1.807) is 0 Å². The number of anilines is 1. The van der Waals surface area contributed by atoms with Crippen molar-refractivity contribution >= 4 is 21.7 Å². The second kappa shape index (κ2) is 4.58. The topological polar surface area (TPSA) is 50.9 Å². The van der Waals surface area contributed by atoms with Crippen LogP contribution in [0.4, 0.5) is 5.82 Å². The Morgan fingerprint density at radius 3 is 2.85 bits per heavy atom. The minimum absolute atomic E-state index is 0.257. The summed E-state index contributed by atoms with van der Waals surface area (Å²) in [5.41, 5.74) is 6.47. The maximum Gasteiger partial charge on any atom is 0.126 e. The SMILES string of the molecule is Cc1nc(NC(C)CN)ccc1Br. The van der Waals surface area contributed by atoms with Crippen LogP contribution in [0.15, 0.2) is 16.6 Å². The van der Waals surface area contributed by atoms with Crippen molar-refractivity contribution in [2.45, 2.75) is 19.9 Å². The standard InChI is InChI=1S/C9H14BrN3/c1-6(5-11)12-9-4-3-8(10)7(2)13-9/h3-4,6H,5,11H2,1-2H3,(H,12,13). The molecule has 0 spiro atoms. The van der Waals surface area contributed by atoms with E-state index in [2.05, 4.69) is 26.2 Å². The molecule has 1 unspecified atom stereocenters. The number of aryl methyl sites for hydroxylation is 1. The van der Waals surface area contributed by atoms with Crippen molar-refractivity contribution in [2.24, 2.45) is 5.73 Å². The number of pyridine rings is 1. The first-order chi connectivity index (χ1) is 6.13. The first-order valence-corrected chi connectivity index (χ1v) is 5.02. The highest BCUT2D eigenvalue weighted by Crippen LogP contribution is 2.16. The van der Waals surface area contributed by atoms with Crippen LogP contribution in [0, 0.1) is 6.92 Å². The van der Waals surface area contributed by atoms with Gasteiger partial charge in [0.15, 0.2) is 0 Å². The number of aromatic nitrogens is 1. The Morgan fingerprint density at radius 1 is 1.62 bits per heavy atom. The summed E-state index contributed by atoms with van der Waals surface area (Å²) >= 11 is 3.40. The third-order valence-electron chi connectivity index (χ3n) is 1.77. The number of rotatable bonds is 3. The van der Waals surface area contributed by atoms with E-state index in [1.165, 1.54) is 0 Å². The summed E-state index contributed by atoms with van der Waals surface area (Å²) in [6.45, 7) is 4.60. The lowest BCUT2D eigenvalue weighted by Gasteiger charge is -2.12. The lowest BCUT2D eigenvalue weighted by molar-refractivity contribution is 0.797. The molecule has 1 atom stereocenters. The van der Waals surface area contributed by atoms with Crippen LogP contribution in [0.2, 0.25) is 0 Å². The molecule has 0 saturated carbocycles. The molecule has 0 aromatic carbocycles. The van der Waals surface area contributed by atoms with E-state index in [-0.39, 0.29) is 6.04 Å². The Balaban J connectivity index is 2.73. The minimum atomic E-state index is 0.257. The highest BCUT2D eigenvalue weighted by molar-refractivity contribution is 9.10. The van der Waals surface area contributed by atoms with Crippen LogP contribution in [-0.2, 0) is 0 Å². The average molecular weight is 244 g/mol. The third kappa shape index (κ3) is 2.97. The fourth-order valence-corrected chi connectivity index (χ4v) is 1.16. The second-order valence-corrected chi connectivity index (χ2v) is 3.90. The zero-order valence-electron chi connectivity index (χ0n) is 7.84. The number of nitrogens with one attached hydrogen (secondary N) is 1. The summed E-state index contributed by atoms with van der Waals surface area (Å²) in [5, 5.41) is 3.20. The second-order valence-electron chi connectivity index (χ2n) is 3.04. The summed E-state index contributed by atoms with van der Waals surface area (Å²) in [6.07, 6.45) is 0. The van der Waals surface area contributed by atoms with Gasteiger partial charge >= 0.3 is 0 Å². The van der Waals surface area contributed by atoms with Crippen molar-refractivity contribution < 1.29 is 0 Å². The highest BCUT2D eigenvalue weighted by atomic mass is 79.9. The molecule has 1 heterocycles. The molecule has 0 aliphatic heterocycles. The molecule has 4 heteroatoms. The van der Waals surface area contributed by atoms with Crippen LogP contribution >= 0.6 is 15.9 Å². The van der Waals surface area contributed by atoms with Crippen molar-refractivity contribution in [2.75, 3.05) is 11.9 Å². The predicted octanol–water partition coefficient (Wildman–Crippen LogP) is 1.91. The summed E-state index contributed by atoms with van der Waals surface area (Å²) in [5.74, 6) is 0.874. The highest BCUT2D eigenvalue weighted by Gasteiger charge is 2.01. The largest absolute Gasteiger partial charge is 0.366 e. The van der Waals surface area contributed by atoms with Gasteiger partial charge in [0.1, 0.15) is 5.82 Å². The van der Waals surface area contributed by atoms with Gasteiger partial charge in [-0.25, -0.2) is 4.98 Å². The normalized spacial score (nSPS) is 12.6. The van der Waals surface area contributed by atoms with Gasteiger partial charge in [-0.2, -0.15) is 0 Å². The van der Waals surface area contributed by atoms with Crippen LogP contribution in [-0.4, -0.2) is 17.6 Å². The lowest BCUT2D eigenvalue weighted by atomic mass is 10.3.